The van der Waals surface area contributed by atoms with Gasteiger partial charge in [-0.1, -0.05) is 6.92 Å². The topological polar surface area (TPSA) is 62.3 Å². The summed E-state index contributed by atoms with van der Waals surface area (Å²) in [4.78, 5) is 30.1. The Labute approximate surface area is 169 Å². The van der Waals surface area contributed by atoms with E-state index in [4.69, 9.17) is 9.47 Å². The van der Waals surface area contributed by atoms with Gasteiger partial charge in [0.25, 0.3) is 0 Å². The molecule has 1 aliphatic carbocycles. The maximum Gasteiger partial charge on any atom is 0.409 e. The predicted octanol–water partition coefficient (Wildman–Crippen LogP) is 2.35. The number of nitrogens with zero attached hydrogens (tertiary/aromatic N) is 3. The van der Waals surface area contributed by atoms with Crippen LogP contribution in [-0.2, 0) is 14.3 Å². The van der Waals surface area contributed by atoms with Crippen molar-refractivity contribution in [3.63, 3.8) is 0 Å². The van der Waals surface area contributed by atoms with Gasteiger partial charge in [-0.25, -0.2) is 4.79 Å². The Bertz CT molecular complexity index is 530. The summed E-state index contributed by atoms with van der Waals surface area (Å²) in [6.45, 7) is 8.83. The van der Waals surface area contributed by atoms with E-state index in [1.807, 2.05) is 16.7 Å². The first-order valence-corrected chi connectivity index (χ1v) is 10.9. The quantitative estimate of drug-likeness (QED) is 0.591. The van der Waals surface area contributed by atoms with E-state index in [1.165, 1.54) is 12.8 Å². The van der Waals surface area contributed by atoms with Crippen LogP contribution in [0.1, 0.15) is 52.4 Å². The summed E-state index contributed by atoms with van der Waals surface area (Å²) in [6.07, 6.45) is 7.35. The van der Waals surface area contributed by atoms with Gasteiger partial charge in [0.05, 0.1) is 19.3 Å². The molecule has 2 heterocycles. The summed E-state index contributed by atoms with van der Waals surface area (Å²) in [5.74, 6) is 0. The summed E-state index contributed by atoms with van der Waals surface area (Å²) >= 11 is 0. The predicted molar refractivity (Wildman–Crippen MR) is 107 cm³/mol. The number of likely N-dealkylation sites (tertiary alicyclic amines) is 2. The SMILES string of the molecule is CCOC(=O)N1CCC2(CC(N3CCC(N(C=O)C(CC)COC)CC3)C2)C1. The second kappa shape index (κ2) is 9.44. The van der Waals surface area contributed by atoms with Crippen molar-refractivity contribution in [2.45, 2.75) is 70.5 Å². The van der Waals surface area contributed by atoms with Crippen LogP contribution in [0.3, 0.4) is 0 Å². The molecule has 28 heavy (non-hydrogen) atoms. The molecule has 0 aromatic heterocycles. The Hall–Kier alpha value is -1.34. The van der Waals surface area contributed by atoms with Crippen molar-refractivity contribution in [1.29, 1.82) is 0 Å². The zero-order chi connectivity index (χ0) is 20.1. The van der Waals surface area contributed by atoms with E-state index in [2.05, 4.69) is 11.8 Å². The third-order valence-corrected chi connectivity index (χ3v) is 7.11. The van der Waals surface area contributed by atoms with E-state index >= 15 is 0 Å². The van der Waals surface area contributed by atoms with Gasteiger partial charge < -0.3 is 24.2 Å². The highest BCUT2D eigenvalue weighted by Gasteiger charge is 2.51. The van der Waals surface area contributed by atoms with Gasteiger partial charge in [0.15, 0.2) is 0 Å². The van der Waals surface area contributed by atoms with E-state index in [9.17, 15) is 9.59 Å². The zero-order valence-corrected chi connectivity index (χ0v) is 17.8. The molecule has 7 nitrogen and oxygen atoms in total. The standard InChI is InChI=1S/C21H37N3O4/c1-4-17(14-27-3)24(16-25)18-6-9-22(10-7-18)19-12-21(13-19)8-11-23(15-21)20(26)28-5-2/h16-19H,4-15H2,1-3H3. The van der Waals surface area contributed by atoms with E-state index in [1.54, 1.807) is 7.11 Å². The second-order valence-corrected chi connectivity index (χ2v) is 8.77. The lowest BCUT2D eigenvalue weighted by atomic mass is 9.64. The van der Waals surface area contributed by atoms with Gasteiger partial charge in [0.1, 0.15) is 0 Å². The average molecular weight is 396 g/mol. The summed E-state index contributed by atoms with van der Waals surface area (Å²) in [5, 5.41) is 0. The number of hydrogen-bond donors (Lipinski definition) is 0. The van der Waals surface area contributed by atoms with Crippen molar-refractivity contribution in [1.82, 2.24) is 14.7 Å². The molecule has 2 aliphatic heterocycles. The van der Waals surface area contributed by atoms with Gasteiger partial charge in [0, 0.05) is 45.4 Å². The van der Waals surface area contributed by atoms with Gasteiger partial charge in [-0.3, -0.25) is 4.79 Å². The Balaban J connectivity index is 1.44. The maximum absolute atomic E-state index is 12.0. The van der Waals surface area contributed by atoms with Crippen LogP contribution < -0.4 is 0 Å². The van der Waals surface area contributed by atoms with Crippen molar-refractivity contribution in [3.8, 4) is 0 Å². The van der Waals surface area contributed by atoms with Crippen LogP contribution >= 0.6 is 0 Å². The molecule has 2 saturated heterocycles. The molecule has 2 amide bonds. The fourth-order valence-electron chi connectivity index (χ4n) is 5.46. The second-order valence-electron chi connectivity index (χ2n) is 8.77. The van der Waals surface area contributed by atoms with Crippen molar-refractivity contribution < 1.29 is 19.1 Å². The minimum atomic E-state index is -0.154. The molecule has 3 aliphatic rings. The summed E-state index contributed by atoms with van der Waals surface area (Å²) in [6, 6.07) is 1.14. The first-order valence-electron chi connectivity index (χ1n) is 10.9. The van der Waals surface area contributed by atoms with Crippen LogP contribution in [0.5, 0.6) is 0 Å². The summed E-state index contributed by atoms with van der Waals surface area (Å²) in [5.41, 5.74) is 0.314. The Morgan fingerprint density at radius 1 is 1.25 bits per heavy atom. The summed E-state index contributed by atoms with van der Waals surface area (Å²) < 4.78 is 10.5. The van der Waals surface area contributed by atoms with Gasteiger partial charge >= 0.3 is 6.09 Å². The van der Waals surface area contributed by atoms with Crippen LogP contribution in [0.4, 0.5) is 4.79 Å². The van der Waals surface area contributed by atoms with Gasteiger partial charge in [0.2, 0.25) is 6.41 Å². The first-order chi connectivity index (χ1) is 13.6. The van der Waals surface area contributed by atoms with E-state index in [0.717, 1.165) is 58.3 Å². The number of ether oxygens (including phenoxy) is 2. The number of piperidine rings is 1. The minimum absolute atomic E-state index is 0.154. The Morgan fingerprint density at radius 2 is 1.96 bits per heavy atom. The fraction of sp³-hybridized carbons (Fsp3) is 0.905. The van der Waals surface area contributed by atoms with Gasteiger partial charge in [-0.15, -0.1) is 0 Å². The highest BCUT2D eigenvalue weighted by Crippen LogP contribution is 2.50. The lowest BCUT2D eigenvalue weighted by Crippen LogP contribution is -2.56. The molecule has 1 unspecified atom stereocenters. The summed E-state index contributed by atoms with van der Waals surface area (Å²) in [7, 11) is 1.70. The normalized spacial score (nSPS) is 29.5. The molecule has 0 aromatic rings. The maximum atomic E-state index is 12.0. The molecule has 0 aromatic carbocycles. The highest BCUT2D eigenvalue weighted by molar-refractivity contribution is 5.68. The molecule has 1 saturated carbocycles. The highest BCUT2D eigenvalue weighted by atomic mass is 16.6. The van der Waals surface area contributed by atoms with Crippen molar-refractivity contribution in [2.24, 2.45) is 5.41 Å². The number of amides is 2. The third kappa shape index (κ3) is 4.46. The molecule has 3 rings (SSSR count). The van der Waals surface area contributed by atoms with Crippen molar-refractivity contribution in [3.05, 3.63) is 0 Å². The lowest BCUT2D eigenvalue weighted by Gasteiger charge is -2.52. The number of methoxy groups -OCH3 is 1. The zero-order valence-electron chi connectivity index (χ0n) is 17.8. The molecule has 0 radical (unpaired) electrons. The molecule has 160 valence electrons. The van der Waals surface area contributed by atoms with Crippen LogP contribution in [-0.4, -0.2) is 91.8 Å². The lowest BCUT2D eigenvalue weighted by molar-refractivity contribution is -0.126. The van der Waals surface area contributed by atoms with Crippen LogP contribution in [0.2, 0.25) is 0 Å². The monoisotopic (exact) mass is 395 g/mol. The number of carbonyl (C=O) groups excluding carboxylic acids is 2. The Kier molecular flexibility index (Phi) is 7.20. The number of hydrogen-bond acceptors (Lipinski definition) is 5. The molecule has 0 bridgehead atoms. The van der Waals surface area contributed by atoms with Crippen molar-refractivity contribution in [2.75, 3.05) is 46.5 Å². The molecular weight excluding hydrogens is 358 g/mol. The Morgan fingerprint density at radius 3 is 2.54 bits per heavy atom. The van der Waals surface area contributed by atoms with Crippen LogP contribution in [0.15, 0.2) is 0 Å². The molecule has 0 N–H and O–H groups in total. The molecule has 1 spiro atoms. The largest absolute Gasteiger partial charge is 0.450 e. The molecule has 1 atom stereocenters. The van der Waals surface area contributed by atoms with Crippen molar-refractivity contribution >= 4 is 12.5 Å². The average Bonchev–Trinajstić information content (AvgIpc) is 3.13. The van der Waals surface area contributed by atoms with Gasteiger partial charge in [-0.2, -0.15) is 0 Å². The fourth-order valence-corrected chi connectivity index (χ4v) is 5.46. The van der Waals surface area contributed by atoms with Crippen LogP contribution in [0.25, 0.3) is 0 Å². The van der Waals surface area contributed by atoms with E-state index < -0.39 is 0 Å². The van der Waals surface area contributed by atoms with E-state index in [0.29, 0.717) is 30.7 Å². The van der Waals surface area contributed by atoms with Crippen LogP contribution in [0, 0.1) is 5.41 Å². The molecule has 3 fully saturated rings. The third-order valence-electron chi connectivity index (χ3n) is 7.11. The smallest absolute Gasteiger partial charge is 0.409 e. The number of rotatable bonds is 8. The van der Waals surface area contributed by atoms with E-state index in [-0.39, 0.29) is 12.1 Å². The van der Waals surface area contributed by atoms with Gasteiger partial charge in [-0.05, 0) is 50.9 Å². The minimum Gasteiger partial charge on any atom is -0.450 e. The molecule has 7 heteroatoms. The number of carbonyl (C=O) groups is 2. The first kappa shape index (κ1) is 21.4. The molecular formula is C21H37N3O4.